The molecular formula is C25H28N2O6. The number of ether oxygens (including phenoxy) is 3. The zero-order valence-corrected chi connectivity index (χ0v) is 18.8. The van der Waals surface area contributed by atoms with E-state index in [9.17, 15) is 14.4 Å². The first-order valence-electron chi connectivity index (χ1n) is 11.2. The van der Waals surface area contributed by atoms with Gasteiger partial charge in [0.25, 0.3) is 11.8 Å². The van der Waals surface area contributed by atoms with Gasteiger partial charge in [0.15, 0.2) is 17.6 Å². The van der Waals surface area contributed by atoms with Gasteiger partial charge in [0.05, 0.1) is 5.92 Å². The second-order valence-electron chi connectivity index (χ2n) is 8.31. The molecule has 1 fully saturated rings. The third-order valence-electron chi connectivity index (χ3n) is 5.96. The highest BCUT2D eigenvalue weighted by molar-refractivity contribution is 5.96. The third-order valence-corrected chi connectivity index (χ3v) is 5.96. The van der Waals surface area contributed by atoms with Gasteiger partial charge < -0.3 is 24.4 Å². The fraction of sp³-hybridized carbons (Fsp3) is 0.400. The van der Waals surface area contributed by atoms with Crippen LogP contribution in [-0.4, -0.2) is 55.1 Å². The normalized spacial score (nSPS) is 16.6. The highest BCUT2D eigenvalue weighted by Crippen LogP contribution is 2.32. The van der Waals surface area contributed by atoms with E-state index in [2.05, 4.69) is 5.32 Å². The summed E-state index contributed by atoms with van der Waals surface area (Å²) < 4.78 is 16.4. The first-order chi connectivity index (χ1) is 15.9. The molecule has 2 heterocycles. The Hall–Kier alpha value is -3.55. The summed E-state index contributed by atoms with van der Waals surface area (Å²) in [4.78, 5) is 39.7. The van der Waals surface area contributed by atoms with Crippen LogP contribution in [0.15, 0.2) is 42.5 Å². The van der Waals surface area contributed by atoms with Gasteiger partial charge in [-0.3, -0.25) is 14.4 Å². The number of nitrogens with zero attached hydrogens (tertiary/aromatic N) is 1. The van der Waals surface area contributed by atoms with Crippen LogP contribution in [0, 0.1) is 12.8 Å². The fourth-order valence-electron chi connectivity index (χ4n) is 3.99. The highest BCUT2D eigenvalue weighted by atomic mass is 16.6. The number of nitrogens with one attached hydrogen (secondary N) is 1. The van der Waals surface area contributed by atoms with E-state index < -0.39 is 18.0 Å². The summed E-state index contributed by atoms with van der Waals surface area (Å²) in [6.07, 6.45) is 0.0669. The van der Waals surface area contributed by atoms with E-state index in [1.165, 1.54) is 0 Å². The number of esters is 1. The van der Waals surface area contributed by atoms with Crippen LogP contribution in [0.25, 0.3) is 0 Å². The van der Waals surface area contributed by atoms with Crippen LogP contribution >= 0.6 is 0 Å². The molecule has 1 saturated heterocycles. The monoisotopic (exact) mass is 452 g/mol. The zero-order chi connectivity index (χ0) is 23.4. The second kappa shape index (κ2) is 9.94. The molecule has 4 rings (SSSR count). The van der Waals surface area contributed by atoms with Gasteiger partial charge in [-0.25, -0.2) is 0 Å². The molecule has 1 atom stereocenters. The van der Waals surface area contributed by atoms with Crippen molar-refractivity contribution in [2.75, 3.05) is 31.6 Å². The maximum Gasteiger partial charge on any atom is 0.309 e. The number of hydrogen-bond donors (Lipinski definition) is 1. The molecule has 0 radical (unpaired) electrons. The van der Waals surface area contributed by atoms with Gasteiger partial charge in [-0.1, -0.05) is 18.2 Å². The molecule has 2 aliphatic rings. The lowest BCUT2D eigenvalue weighted by molar-refractivity contribution is -0.158. The summed E-state index contributed by atoms with van der Waals surface area (Å²) in [6.45, 7) is 5.35. The summed E-state index contributed by atoms with van der Waals surface area (Å²) >= 11 is 0. The summed E-state index contributed by atoms with van der Waals surface area (Å²) in [7, 11) is 0. The Morgan fingerprint density at radius 1 is 1.03 bits per heavy atom. The van der Waals surface area contributed by atoms with E-state index in [0.29, 0.717) is 61.9 Å². The molecule has 2 aliphatic heterocycles. The molecule has 8 nitrogen and oxygen atoms in total. The quantitative estimate of drug-likeness (QED) is 0.701. The van der Waals surface area contributed by atoms with Gasteiger partial charge in [0, 0.05) is 30.4 Å². The lowest BCUT2D eigenvalue weighted by Gasteiger charge is -2.31. The number of anilines is 1. The first kappa shape index (κ1) is 22.6. The Morgan fingerprint density at radius 2 is 1.73 bits per heavy atom. The number of amides is 2. The number of piperidine rings is 1. The smallest absolute Gasteiger partial charge is 0.309 e. The van der Waals surface area contributed by atoms with Crippen LogP contribution in [0.2, 0.25) is 0 Å². The van der Waals surface area contributed by atoms with Crippen molar-refractivity contribution in [3.63, 3.8) is 0 Å². The maximum atomic E-state index is 12.8. The number of fused-ring (bicyclic) bond motifs is 1. The number of aryl methyl sites for hydroxylation is 1. The van der Waals surface area contributed by atoms with Crippen LogP contribution in [-0.2, 0) is 14.3 Å². The molecule has 33 heavy (non-hydrogen) atoms. The second-order valence-corrected chi connectivity index (χ2v) is 8.31. The van der Waals surface area contributed by atoms with Gasteiger partial charge in [-0.15, -0.1) is 0 Å². The standard InChI is InChI=1S/C25H28N2O6/c1-16-5-3-4-6-20(16)24(29)27-11-9-18(10-12-27)25(30)33-17(2)23(28)26-19-7-8-21-22(15-19)32-14-13-31-21/h3-8,15,17-18H,9-14H2,1-2H3,(H,26,28)/t17-/m1/s1. The fourth-order valence-corrected chi connectivity index (χ4v) is 3.99. The molecule has 0 aliphatic carbocycles. The van der Waals surface area contributed by atoms with Crippen molar-refractivity contribution < 1.29 is 28.6 Å². The lowest BCUT2D eigenvalue weighted by Crippen LogP contribution is -2.42. The first-order valence-corrected chi connectivity index (χ1v) is 11.2. The minimum absolute atomic E-state index is 0.0212. The molecular weight excluding hydrogens is 424 g/mol. The Morgan fingerprint density at radius 3 is 2.45 bits per heavy atom. The van der Waals surface area contributed by atoms with Gasteiger partial charge >= 0.3 is 5.97 Å². The van der Waals surface area contributed by atoms with Crippen LogP contribution in [0.3, 0.4) is 0 Å². The van der Waals surface area contributed by atoms with Gasteiger partial charge in [0.2, 0.25) is 0 Å². The van der Waals surface area contributed by atoms with Crippen LogP contribution in [0.1, 0.15) is 35.7 Å². The average molecular weight is 453 g/mol. The van der Waals surface area contributed by atoms with Crippen molar-refractivity contribution in [2.24, 2.45) is 5.92 Å². The highest BCUT2D eigenvalue weighted by Gasteiger charge is 2.31. The van der Waals surface area contributed by atoms with Crippen molar-refractivity contribution in [1.82, 2.24) is 4.90 Å². The molecule has 1 N–H and O–H groups in total. The van der Waals surface area contributed by atoms with Crippen LogP contribution in [0.4, 0.5) is 5.69 Å². The van der Waals surface area contributed by atoms with Crippen molar-refractivity contribution in [3.05, 3.63) is 53.6 Å². The Kier molecular flexibility index (Phi) is 6.82. The molecule has 174 valence electrons. The summed E-state index contributed by atoms with van der Waals surface area (Å²) in [5.74, 6) is -0.000703. The van der Waals surface area contributed by atoms with Gasteiger partial charge in [0.1, 0.15) is 13.2 Å². The number of likely N-dealkylation sites (tertiary alicyclic amines) is 1. The Bertz CT molecular complexity index is 1040. The summed E-state index contributed by atoms with van der Waals surface area (Å²) in [5.41, 5.74) is 2.15. The largest absolute Gasteiger partial charge is 0.486 e. The molecule has 0 bridgehead atoms. The molecule has 0 spiro atoms. The van der Waals surface area contributed by atoms with E-state index >= 15 is 0 Å². The minimum Gasteiger partial charge on any atom is -0.486 e. The minimum atomic E-state index is -0.947. The molecule has 8 heteroatoms. The summed E-state index contributed by atoms with van der Waals surface area (Å²) in [5, 5.41) is 2.74. The number of hydrogen-bond acceptors (Lipinski definition) is 6. The van der Waals surface area contributed by atoms with E-state index in [4.69, 9.17) is 14.2 Å². The molecule has 0 unspecified atom stereocenters. The molecule has 2 aromatic carbocycles. The van der Waals surface area contributed by atoms with Crippen LogP contribution in [0.5, 0.6) is 11.5 Å². The van der Waals surface area contributed by atoms with Crippen molar-refractivity contribution in [3.8, 4) is 11.5 Å². The van der Waals surface area contributed by atoms with Gasteiger partial charge in [-0.05, 0) is 50.5 Å². The van der Waals surface area contributed by atoms with Crippen molar-refractivity contribution in [2.45, 2.75) is 32.8 Å². The lowest BCUT2D eigenvalue weighted by atomic mass is 9.96. The average Bonchev–Trinajstić information content (AvgIpc) is 2.84. The Balaban J connectivity index is 1.26. The van der Waals surface area contributed by atoms with Gasteiger partial charge in [-0.2, -0.15) is 0 Å². The maximum absolute atomic E-state index is 12.8. The summed E-state index contributed by atoms with van der Waals surface area (Å²) in [6, 6.07) is 12.6. The molecule has 2 amide bonds. The predicted octanol–water partition coefficient (Wildman–Crippen LogP) is 3.19. The van der Waals surface area contributed by atoms with E-state index in [-0.39, 0.29) is 11.8 Å². The Labute approximate surface area is 192 Å². The number of rotatable bonds is 5. The predicted molar refractivity (Wildman–Crippen MR) is 121 cm³/mol. The molecule has 0 aromatic heterocycles. The third kappa shape index (κ3) is 5.27. The molecule has 2 aromatic rings. The van der Waals surface area contributed by atoms with E-state index in [0.717, 1.165) is 5.56 Å². The number of carbonyl (C=O) groups is 3. The van der Waals surface area contributed by atoms with E-state index in [1.807, 2.05) is 31.2 Å². The van der Waals surface area contributed by atoms with Crippen molar-refractivity contribution in [1.29, 1.82) is 0 Å². The number of benzene rings is 2. The molecule has 0 saturated carbocycles. The van der Waals surface area contributed by atoms with E-state index in [1.54, 1.807) is 30.0 Å². The topological polar surface area (TPSA) is 94.2 Å². The SMILES string of the molecule is Cc1ccccc1C(=O)N1CCC(C(=O)O[C@H](C)C(=O)Nc2ccc3c(c2)OCCO3)CC1. The zero-order valence-electron chi connectivity index (χ0n) is 18.8. The van der Waals surface area contributed by atoms with Crippen LogP contribution < -0.4 is 14.8 Å². The van der Waals surface area contributed by atoms with Crippen molar-refractivity contribution >= 4 is 23.5 Å². The number of carbonyl (C=O) groups excluding carboxylic acids is 3.